The van der Waals surface area contributed by atoms with Gasteiger partial charge in [-0.25, -0.2) is 4.68 Å². The number of carbonyl (C=O) groups is 1. The van der Waals surface area contributed by atoms with Gasteiger partial charge >= 0.3 is 0 Å². The highest BCUT2D eigenvalue weighted by molar-refractivity contribution is 5.93. The summed E-state index contributed by atoms with van der Waals surface area (Å²) in [4.78, 5) is 19.0. The Kier molecular flexibility index (Phi) is 3.97. The molecule has 0 spiro atoms. The number of carbonyl (C=O) groups excluding carboxylic acids is 1. The second-order valence-electron chi connectivity index (χ2n) is 6.07. The number of nitrogens with zero attached hydrogens (tertiary/aromatic N) is 6. The van der Waals surface area contributed by atoms with Crippen molar-refractivity contribution in [2.75, 3.05) is 13.1 Å². The topological polar surface area (TPSA) is 76.8 Å². The standard InChI is InChI=1S/C18H18N6O/c1-13-7-8-17(21-20-13)24-16(14-6-2-3-9-19-14)12-15(22-24)18(25)23-10-4-5-11-23/h2-3,6-9,12H,4-5,10-11H2,1H3. The minimum Gasteiger partial charge on any atom is -0.337 e. The van der Waals surface area contributed by atoms with Gasteiger partial charge in [0.25, 0.3) is 5.91 Å². The smallest absolute Gasteiger partial charge is 0.274 e. The molecule has 0 aliphatic carbocycles. The van der Waals surface area contributed by atoms with Crippen molar-refractivity contribution >= 4 is 5.91 Å². The number of hydrogen-bond acceptors (Lipinski definition) is 5. The fraction of sp³-hybridized carbons (Fsp3) is 0.278. The Hall–Kier alpha value is -3.09. The van der Waals surface area contributed by atoms with Gasteiger partial charge in [-0.1, -0.05) is 6.07 Å². The van der Waals surface area contributed by atoms with Crippen molar-refractivity contribution in [3.8, 4) is 17.2 Å². The van der Waals surface area contributed by atoms with Gasteiger partial charge in [-0.3, -0.25) is 9.78 Å². The minimum atomic E-state index is -0.0477. The molecule has 4 heterocycles. The van der Waals surface area contributed by atoms with E-state index in [4.69, 9.17) is 0 Å². The van der Waals surface area contributed by atoms with Gasteiger partial charge in [0, 0.05) is 19.3 Å². The third-order valence-electron chi connectivity index (χ3n) is 4.25. The van der Waals surface area contributed by atoms with Crippen LogP contribution in [-0.2, 0) is 0 Å². The number of rotatable bonds is 3. The third kappa shape index (κ3) is 3.00. The molecular formula is C18H18N6O. The molecule has 1 aliphatic rings. The van der Waals surface area contributed by atoms with Gasteiger partial charge in [-0.05, 0) is 50.1 Å². The summed E-state index contributed by atoms with van der Waals surface area (Å²) in [7, 11) is 0. The first-order chi connectivity index (χ1) is 12.2. The zero-order chi connectivity index (χ0) is 17.2. The van der Waals surface area contributed by atoms with Crippen LogP contribution >= 0.6 is 0 Å². The molecule has 1 amide bonds. The first-order valence-corrected chi connectivity index (χ1v) is 8.34. The van der Waals surface area contributed by atoms with Crippen LogP contribution in [0.3, 0.4) is 0 Å². The van der Waals surface area contributed by atoms with Gasteiger partial charge in [-0.2, -0.15) is 10.2 Å². The summed E-state index contributed by atoms with van der Waals surface area (Å²) in [5, 5.41) is 12.8. The van der Waals surface area contributed by atoms with Crippen LogP contribution in [0.4, 0.5) is 0 Å². The fourth-order valence-corrected chi connectivity index (χ4v) is 2.94. The molecule has 7 heteroatoms. The number of amides is 1. The van der Waals surface area contributed by atoms with E-state index in [1.165, 1.54) is 0 Å². The summed E-state index contributed by atoms with van der Waals surface area (Å²) < 4.78 is 1.64. The molecule has 0 saturated carbocycles. The van der Waals surface area contributed by atoms with Gasteiger partial charge in [0.2, 0.25) is 0 Å². The van der Waals surface area contributed by atoms with Crippen molar-refractivity contribution in [3.63, 3.8) is 0 Å². The highest BCUT2D eigenvalue weighted by atomic mass is 16.2. The quantitative estimate of drug-likeness (QED) is 0.734. The van der Waals surface area contributed by atoms with Crippen molar-refractivity contribution < 1.29 is 4.79 Å². The van der Waals surface area contributed by atoms with Crippen LogP contribution in [0.5, 0.6) is 0 Å². The van der Waals surface area contributed by atoms with Gasteiger partial charge in [-0.15, -0.1) is 5.10 Å². The Bertz CT molecular complexity index is 882. The second-order valence-corrected chi connectivity index (χ2v) is 6.07. The number of likely N-dealkylation sites (tertiary alicyclic amines) is 1. The van der Waals surface area contributed by atoms with Crippen molar-refractivity contribution in [1.82, 2.24) is 29.9 Å². The predicted molar refractivity (Wildman–Crippen MR) is 92.3 cm³/mol. The Morgan fingerprint density at radius 3 is 2.60 bits per heavy atom. The average Bonchev–Trinajstić information content (AvgIpc) is 3.33. The lowest BCUT2D eigenvalue weighted by Gasteiger charge is -2.12. The summed E-state index contributed by atoms with van der Waals surface area (Å²) in [6.07, 6.45) is 3.81. The highest BCUT2D eigenvalue weighted by Crippen LogP contribution is 2.23. The van der Waals surface area contributed by atoms with Crippen LogP contribution in [0.2, 0.25) is 0 Å². The first-order valence-electron chi connectivity index (χ1n) is 8.34. The molecule has 0 N–H and O–H groups in total. The molecule has 0 radical (unpaired) electrons. The van der Waals surface area contributed by atoms with Crippen LogP contribution in [0.15, 0.2) is 42.6 Å². The van der Waals surface area contributed by atoms with Gasteiger partial charge < -0.3 is 4.90 Å². The molecule has 25 heavy (non-hydrogen) atoms. The first kappa shape index (κ1) is 15.4. The summed E-state index contributed by atoms with van der Waals surface area (Å²) >= 11 is 0. The van der Waals surface area contributed by atoms with Gasteiger partial charge in [0.15, 0.2) is 11.5 Å². The van der Waals surface area contributed by atoms with Crippen LogP contribution in [-0.4, -0.2) is 48.9 Å². The number of aromatic nitrogens is 5. The Morgan fingerprint density at radius 2 is 1.92 bits per heavy atom. The van der Waals surface area contributed by atoms with E-state index in [1.54, 1.807) is 16.9 Å². The molecule has 0 unspecified atom stereocenters. The van der Waals surface area contributed by atoms with E-state index in [9.17, 15) is 4.79 Å². The molecule has 126 valence electrons. The monoisotopic (exact) mass is 334 g/mol. The predicted octanol–water partition coefficient (Wildman–Crippen LogP) is 2.27. The summed E-state index contributed by atoms with van der Waals surface area (Å²) in [5.74, 6) is 0.514. The average molecular weight is 334 g/mol. The molecule has 0 atom stereocenters. The summed E-state index contributed by atoms with van der Waals surface area (Å²) in [6.45, 7) is 3.45. The zero-order valence-corrected chi connectivity index (χ0v) is 14.0. The molecule has 3 aromatic heterocycles. The maximum absolute atomic E-state index is 12.7. The van der Waals surface area contributed by atoms with E-state index in [2.05, 4.69) is 20.3 Å². The van der Waals surface area contributed by atoms with E-state index in [1.807, 2.05) is 42.2 Å². The van der Waals surface area contributed by atoms with Crippen LogP contribution < -0.4 is 0 Å². The molecule has 1 aliphatic heterocycles. The molecule has 0 aromatic carbocycles. The third-order valence-corrected chi connectivity index (χ3v) is 4.25. The molecule has 4 rings (SSSR count). The van der Waals surface area contributed by atoms with Crippen molar-refractivity contribution in [3.05, 3.63) is 54.0 Å². The van der Waals surface area contributed by atoms with Gasteiger partial charge in [0.1, 0.15) is 0 Å². The maximum Gasteiger partial charge on any atom is 0.274 e. The van der Waals surface area contributed by atoms with E-state index >= 15 is 0 Å². The minimum absolute atomic E-state index is 0.0477. The summed E-state index contributed by atoms with van der Waals surface area (Å²) in [5.41, 5.74) is 2.69. The van der Waals surface area contributed by atoms with E-state index in [0.717, 1.165) is 43.0 Å². The lowest BCUT2D eigenvalue weighted by Crippen LogP contribution is -2.28. The lowest BCUT2D eigenvalue weighted by molar-refractivity contribution is 0.0786. The van der Waals surface area contributed by atoms with Crippen molar-refractivity contribution in [2.45, 2.75) is 19.8 Å². The molecule has 0 bridgehead atoms. The van der Waals surface area contributed by atoms with Crippen molar-refractivity contribution in [1.29, 1.82) is 0 Å². The largest absolute Gasteiger partial charge is 0.337 e. The SMILES string of the molecule is Cc1ccc(-n2nc(C(=O)N3CCCC3)cc2-c2ccccn2)nn1. The summed E-state index contributed by atoms with van der Waals surface area (Å²) in [6, 6.07) is 11.1. The highest BCUT2D eigenvalue weighted by Gasteiger charge is 2.24. The van der Waals surface area contributed by atoms with Crippen LogP contribution in [0.25, 0.3) is 17.2 Å². The van der Waals surface area contributed by atoms with E-state index in [-0.39, 0.29) is 5.91 Å². The Balaban J connectivity index is 1.80. The van der Waals surface area contributed by atoms with Gasteiger partial charge in [0.05, 0.1) is 17.1 Å². The number of pyridine rings is 1. The Labute approximate surface area is 145 Å². The van der Waals surface area contributed by atoms with E-state index < -0.39 is 0 Å². The van der Waals surface area contributed by atoms with Crippen LogP contribution in [0.1, 0.15) is 29.0 Å². The Morgan fingerprint density at radius 1 is 1.08 bits per heavy atom. The molecule has 3 aromatic rings. The fourth-order valence-electron chi connectivity index (χ4n) is 2.94. The zero-order valence-electron chi connectivity index (χ0n) is 14.0. The molecular weight excluding hydrogens is 316 g/mol. The normalized spacial score (nSPS) is 14.0. The maximum atomic E-state index is 12.7. The van der Waals surface area contributed by atoms with E-state index in [0.29, 0.717) is 11.5 Å². The van der Waals surface area contributed by atoms with Crippen molar-refractivity contribution in [2.24, 2.45) is 0 Å². The molecule has 7 nitrogen and oxygen atoms in total. The molecule has 1 fully saturated rings. The van der Waals surface area contributed by atoms with Crippen LogP contribution in [0, 0.1) is 6.92 Å². The number of aryl methyl sites for hydroxylation is 1. The number of hydrogen-bond donors (Lipinski definition) is 0. The lowest BCUT2D eigenvalue weighted by atomic mass is 10.2. The second kappa shape index (κ2) is 6.43. The molecule has 1 saturated heterocycles.